The first-order valence-electron chi connectivity index (χ1n) is 8.60. The minimum absolute atomic E-state index is 0. The van der Waals surface area contributed by atoms with Crippen LogP contribution in [0.2, 0.25) is 0 Å². The zero-order chi connectivity index (χ0) is 19.5. The van der Waals surface area contributed by atoms with Crippen molar-refractivity contribution in [2.45, 2.75) is 44.6 Å². The van der Waals surface area contributed by atoms with Crippen LogP contribution in [0.3, 0.4) is 0 Å². The molecule has 1 heterocycles. The van der Waals surface area contributed by atoms with Gasteiger partial charge in [-0.05, 0) is 44.4 Å². The Labute approximate surface area is 167 Å². The maximum Gasteiger partial charge on any atom is 0.267 e. The van der Waals surface area contributed by atoms with E-state index in [0.29, 0.717) is 12.5 Å². The molecule has 27 heavy (non-hydrogen) atoms. The van der Waals surface area contributed by atoms with E-state index >= 15 is 0 Å². The summed E-state index contributed by atoms with van der Waals surface area (Å²) < 4.78 is 26.4. The Hall–Kier alpha value is -1.83. The molecule has 0 aliphatic carbocycles. The number of rotatable bonds is 7. The summed E-state index contributed by atoms with van der Waals surface area (Å²) in [5.74, 6) is 0.0341. The number of aromatic nitrogens is 1. The van der Waals surface area contributed by atoms with Gasteiger partial charge >= 0.3 is 0 Å². The second kappa shape index (κ2) is 8.91. The van der Waals surface area contributed by atoms with E-state index in [-0.39, 0.29) is 28.8 Å². The molecule has 0 aliphatic rings. The quantitative estimate of drug-likeness (QED) is 0.729. The van der Waals surface area contributed by atoms with Crippen LogP contribution in [0.25, 0.3) is 0 Å². The van der Waals surface area contributed by atoms with E-state index in [1.807, 2.05) is 13.8 Å². The molecule has 3 N–H and O–H groups in total. The number of halogens is 1. The predicted octanol–water partition coefficient (Wildman–Crippen LogP) is 2.95. The Bertz CT molecular complexity index is 876. The maximum atomic E-state index is 12.7. The summed E-state index contributed by atoms with van der Waals surface area (Å²) in [6, 6.07) is 8.08. The SMILES string of the molecule is Cc1ccc(S(=O)(=O)n2ccc(C(=O)NC(C)(CN)CC(C)C)c2)cc1.Cl. The molecule has 0 radical (unpaired) electrons. The first-order chi connectivity index (χ1) is 12.1. The molecular weight excluding hydrogens is 386 g/mol. The van der Waals surface area contributed by atoms with Crippen molar-refractivity contribution in [2.24, 2.45) is 11.7 Å². The fourth-order valence-electron chi connectivity index (χ4n) is 2.93. The Morgan fingerprint density at radius 2 is 1.81 bits per heavy atom. The number of hydrogen-bond acceptors (Lipinski definition) is 4. The summed E-state index contributed by atoms with van der Waals surface area (Å²) in [6.45, 7) is 8.21. The lowest BCUT2D eigenvalue weighted by molar-refractivity contribution is 0.0898. The van der Waals surface area contributed by atoms with Crippen molar-refractivity contribution < 1.29 is 13.2 Å². The van der Waals surface area contributed by atoms with Crippen molar-refractivity contribution in [2.75, 3.05) is 6.54 Å². The molecule has 0 saturated heterocycles. The van der Waals surface area contributed by atoms with Crippen LogP contribution in [0, 0.1) is 12.8 Å². The average Bonchev–Trinajstić information content (AvgIpc) is 3.05. The molecule has 0 fully saturated rings. The number of nitrogens with one attached hydrogen (secondary N) is 1. The number of carbonyl (C=O) groups is 1. The van der Waals surface area contributed by atoms with Crippen molar-refractivity contribution >= 4 is 28.3 Å². The molecule has 1 unspecified atom stereocenters. The highest BCUT2D eigenvalue weighted by Crippen LogP contribution is 2.18. The molecule has 0 spiro atoms. The van der Waals surface area contributed by atoms with E-state index in [2.05, 4.69) is 19.2 Å². The van der Waals surface area contributed by atoms with Crippen LogP contribution in [0.4, 0.5) is 0 Å². The largest absolute Gasteiger partial charge is 0.346 e. The molecule has 0 saturated carbocycles. The second-order valence-corrected chi connectivity index (χ2v) is 9.21. The standard InChI is InChI=1S/C19H27N3O3S.ClH/c1-14(2)11-19(4,13-20)21-18(23)16-9-10-22(12-16)26(24,25)17-7-5-15(3)6-8-17;/h5-10,12,14H,11,13,20H2,1-4H3,(H,21,23);1H. The molecule has 1 aromatic carbocycles. The predicted molar refractivity (Wildman–Crippen MR) is 110 cm³/mol. The lowest BCUT2D eigenvalue weighted by Gasteiger charge is -2.31. The molecule has 0 aliphatic heterocycles. The highest BCUT2D eigenvalue weighted by molar-refractivity contribution is 7.90. The van der Waals surface area contributed by atoms with Crippen LogP contribution in [0.15, 0.2) is 47.6 Å². The summed E-state index contributed by atoms with van der Waals surface area (Å²) in [5.41, 5.74) is 6.55. The highest BCUT2D eigenvalue weighted by atomic mass is 35.5. The third kappa shape index (κ3) is 5.57. The van der Waals surface area contributed by atoms with E-state index < -0.39 is 15.6 Å². The minimum atomic E-state index is -3.72. The van der Waals surface area contributed by atoms with Crippen molar-refractivity contribution in [1.29, 1.82) is 0 Å². The Morgan fingerprint density at radius 1 is 1.22 bits per heavy atom. The van der Waals surface area contributed by atoms with Crippen LogP contribution in [0.5, 0.6) is 0 Å². The van der Waals surface area contributed by atoms with Crippen LogP contribution >= 0.6 is 12.4 Å². The van der Waals surface area contributed by atoms with E-state index in [1.165, 1.54) is 18.5 Å². The van der Waals surface area contributed by atoms with Gasteiger partial charge in [0, 0.05) is 24.5 Å². The lowest BCUT2D eigenvalue weighted by Crippen LogP contribution is -2.52. The number of amides is 1. The van der Waals surface area contributed by atoms with Crippen LogP contribution in [0.1, 0.15) is 43.1 Å². The fourth-order valence-corrected chi connectivity index (χ4v) is 4.12. The van der Waals surface area contributed by atoms with Gasteiger partial charge in [0.15, 0.2) is 0 Å². The molecular formula is C19H28ClN3O3S. The second-order valence-electron chi connectivity index (χ2n) is 7.37. The van der Waals surface area contributed by atoms with Crippen LogP contribution < -0.4 is 11.1 Å². The first-order valence-corrected chi connectivity index (χ1v) is 10.0. The first kappa shape index (κ1) is 23.2. The van der Waals surface area contributed by atoms with Gasteiger partial charge in [-0.3, -0.25) is 4.79 Å². The molecule has 150 valence electrons. The van der Waals surface area contributed by atoms with E-state index in [1.54, 1.807) is 24.3 Å². The number of carbonyl (C=O) groups excluding carboxylic acids is 1. The van der Waals surface area contributed by atoms with Gasteiger partial charge in [0.05, 0.1) is 10.5 Å². The summed E-state index contributed by atoms with van der Waals surface area (Å²) >= 11 is 0. The molecule has 6 nitrogen and oxygen atoms in total. The monoisotopic (exact) mass is 413 g/mol. The lowest BCUT2D eigenvalue weighted by atomic mass is 9.90. The van der Waals surface area contributed by atoms with Crippen molar-refractivity contribution in [3.63, 3.8) is 0 Å². The number of nitrogens with two attached hydrogens (primary N) is 1. The van der Waals surface area contributed by atoms with Gasteiger partial charge in [-0.25, -0.2) is 12.4 Å². The smallest absolute Gasteiger partial charge is 0.267 e. The minimum Gasteiger partial charge on any atom is -0.346 e. The van der Waals surface area contributed by atoms with Crippen LogP contribution in [-0.2, 0) is 10.0 Å². The third-order valence-electron chi connectivity index (χ3n) is 4.25. The maximum absolute atomic E-state index is 12.7. The Balaban J connectivity index is 0.00000364. The van der Waals surface area contributed by atoms with E-state index in [4.69, 9.17) is 5.73 Å². The van der Waals surface area contributed by atoms with Gasteiger partial charge in [-0.2, -0.15) is 0 Å². The van der Waals surface area contributed by atoms with Crippen LogP contribution in [-0.4, -0.2) is 30.4 Å². The molecule has 2 aromatic rings. The number of benzene rings is 1. The van der Waals surface area contributed by atoms with Gasteiger partial charge in [-0.1, -0.05) is 31.5 Å². The molecule has 1 atom stereocenters. The normalized spacial score (nSPS) is 13.7. The average molecular weight is 414 g/mol. The zero-order valence-corrected chi connectivity index (χ0v) is 17.7. The van der Waals surface area contributed by atoms with Gasteiger partial charge in [-0.15, -0.1) is 12.4 Å². The zero-order valence-electron chi connectivity index (χ0n) is 16.1. The fraction of sp³-hybridized carbons (Fsp3) is 0.421. The van der Waals surface area contributed by atoms with E-state index in [9.17, 15) is 13.2 Å². The van der Waals surface area contributed by atoms with Gasteiger partial charge in [0.2, 0.25) is 0 Å². The van der Waals surface area contributed by atoms with Crippen molar-refractivity contribution in [1.82, 2.24) is 9.29 Å². The number of hydrogen-bond donors (Lipinski definition) is 2. The molecule has 1 amide bonds. The molecule has 1 aromatic heterocycles. The Morgan fingerprint density at radius 3 is 2.33 bits per heavy atom. The van der Waals surface area contributed by atoms with Gasteiger partial charge in [0.25, 0.3) is 15.9 Å². The highest BCUT2D eigenvalue weighted by Gasteiger charge is 2.27. The van der Waals surface area contributed by atoms with Gasteiger partial charge < -0.3 is 11.1 Å². The number of nitrogens with zero attached hydrogens (tertiary/aromatic N) is 1. The summed E-state index contributed by atoms with van der Waals surface area (Å²) in [4.78, 5) is 12.7. The third-order valence-corrected chi connectivity index (χ3v) is 5.90. The molecule has 2 rings (SSSR count). The van der Waals surface area contributed by atoms with Crippen molar-refractivity contribution in [3.05, 3.63) is 53.9 Å². The molecule has 0 bridgehead atoms. The Kier molecular flexibility index (Phi) is 7.66. The summed E-state index contributed by atoms with van der Waals surface area (Å²) in [5, 5.41) is 2.93. The molecule has 8 heteroatoms. The topological polar surface area (TPSA) is 94.2 Å². The van der Waals surface area contributed by atoms with E-state index in [0.717, 1.165) is 16.0 Å². The number of aryl methyl sites for hydroxylation is 1. The van der Waals surface area contributed by atoms with Crippen molar-refractivity contribution in [3.8, 4) is 0 Å². The summed E-state index contributed by atoms with van der Waals surface area (Å²) in [6.07, 6.45) is 3.45. The summed E-state index contributed by atoms with van der Waals surface area (Å²) in [7, 11) is -3.72. The van der Waals surface area contributed by atoms with Gasteiger partial charge in [0.1, 0.15) is 0 Å².